The molecule has 0 fully saturated rings. The van der Waals surface area contributed by atoms with Gasteiger partial charge in [0, 0.05) is 0 Å². The van der Waals surface area contributed by atoms with Gasteiger partial charge in [-0.25, -0.2) is 4.98 Å². The zero-order valence-electron chi connectivity index (χ0n) is 5.85. The molecule has 0 radical (unpaired) electrons. The first kappa shape index (κ1) is 3.40. The molecule has 0 saturated carbocycles. The molecule has 0 amide bonds. The Morgan fingerprint density at radius 1 is 1.75 bits per heavy atom. The van der Waals surface area contributed by atoms with Gasteiger partial charge in [-0.3, -0.25) is 4.98 Å². The summed E-state index contributed by atoms with van der Waals surface area (Å²) in [5.74, 6) is 0.0304. The second kappa shape index (κ2) is 2.09. The van der Waals surface area contributed by atoms with Gasteiger partial charge in [-0.1, -0.05) is 0 Å². The predicted molar refractivity (Wildman–Crippen MR) is 34.1 cm³/mol. The van der Waals surface area contributed by atoms with Crippen molar-refractivity contribution in [2.24, 2.45) is 0 Å². The van der Waals surface area contributed by atoms with E-state index < -0.39 is 0 Å². The molecule has 0 unspecified atom stereocenters. The number of hydrogen-bond acceptors (Lipinski definition) is 3. The molecular formula is C4H4BrN3. The van der Waals surface area contributed by atoms with Gasteiger partial charge in [0.2, 0.25) is 0 Å². The molecule has 0 atom stereocenters. The van der Waals surface area contributed by atoms with Crippen molar-refractivity contribution in [2.75, 3.05) is 5.73 Å². The molecule has 1 aromatic heterocycles. The van der Waals surface area contributed by atoms with Gasteiger partial charge in [0.25, 0.3) is 0 Å². The maximum Gasteiger partial charge on any atom is 0.143 e. The Morgan fingerprint density at radius 2 is 2.50 bits per heavy atom. The Balaban J connectivity index is 3.28. The average Bonchev–Trinajstić information content (AvgIpc) is 1.84. The van der Waals surface area contributed by atoms with E-state index in [0.717, 1.165) is 0 Å². The Bertz CT molecular complexity index is 215. The predicted octanol–water partition coefficient (Wildman–Crippen LogP) is 0.821. The van der Waals surface area contributed by atoms with Crippen LogP contribution >= 0.6 is 15.9 Å². The fourth-order valence-corrected chi connectivity index (χ4v) is 0.567. The minimum Gasteiger partial charge on any atom is -0.382 e. The minimum absolute atomic E-state index is 0.0304. The summed E-state index contributed by atoms with van der Waals surface area (Å²) >= 11 is 2.96. The standard InChI is InChI=1S/C4H4BrN3/c5-3-1-7-2-4(6)8-3/h1-2H,(H2,6,8)/i1D,2D. The van der Waals surface area contributed by atoms with Crippen LogP contribution in [0.4, 0.5) is 5.82 Å². The largest absolute Gasteiger partial charge is 0.382 e. The first-order chi connectivity index (χ1) is 4.61. The van der Waals surface area contributed by atoms with Crippen molar-refractivity contribution in [3.63, 3.8) is 0 Å². The molecule has 0 aliphatic rings. The van der Waals surface area contributed by atoms with Gasteiger partial charge in [-0.05, 0) is 15.9 Å². The lowest BCUT2D eigenvalue weighted by molar-refractivity contribution is 1.18. The molecule has 42 valence electrons. The van der Waals surface area contributed by atoms with Crippen molar-refractivity contribution in [2.45, 2.75) is 0 Å². The fraction of sp³-hybridized carbons (Fsp3) is 0. The number of halogens is 1. The third-order valence-corrected chi connectivity index (χ3v) is 0.892. The van der Waals surface area contributed by atoms with Crippen LogP contribution in [0.3, 0.4) is 0 Å². The van der Waals surface area contributed by atoms with E-state index >= 15 is 0 Å². The monoisotopic (exact) mass is 175 g/mol. The molecule has 1 aromatic rings. The summed E-state index contributed by atoms with van der Waals surface area (Å²) in [6, 6.07) is 0. The van der Waals surface area contributed by atoms with Crippen LogP contribution in [0.5, 0.6) is 0 Å². The lowest BCUT2D eigenvalue weighted by atomic mass is 10.7. The zero-order chi connectivity index (χ0) is 7.72. The molecule has 0 aromatic carbocycles. The van der Waals surface area contributed by atoms with Crippen LogP contribution in [0.15, 0.2) is 16.9 Å². The maximum absolute atomic E-state index is 7.06. The van der Waals surface area contributed by atoms with Crippen LogP contribution in [-0.4, -0.2) is 9.97 Å². The number of nitrogens with zero attached hydrogens (tertiary/aromatic N) is 2. The Labute approximate surface area is 57.9 Å². The first-order valence-electron chi connectivity index (χ1n) is 2.87. The van der Waals surface area contributed by atoms with E-state index in [4.69, 9.17) is 8.48 Å². The van der Waals surface area contributed by atoms with Crippen molar-refractivity contribution in [3.8, 4) is 0 Å². The molecule has 8 heavy (non-hydrogen) atoms. The number of hydrogen-bond donors (Lipinski definition) is 1. The molecule has 3 nitrogen and oxygen atoms in total. The lowest BCUT2D eigenvalue weighted by Gasteiger charge is -1.87. The van der Waals surface area contributed by atoms with Gasteiger partial charge >= 0.3 is 0 Å². The van der Waals surface area contributed by atoms with E-state index in [1.165, 1.54) is 0 Å². The number of nitrogen functional groups attached to an aromatic ring is 1. The number of rotatable bonds is 0. The Hall–Kier alpha value is -0.640. The minimum atomic E-state index is -0.159. The highest BCUT2D eigenvalue weighted by molar-refractivity contribution is 9.10. The quantitative estimate of drug-likeness (QED) is 0.636. The molecule has 1 heterocycles. The van der Waals surface area contributed by atoms with Gasteiger partial charge in [0.05, 0.1) is 15.1 Å². The van der Waals surface area contributed by atoms with E-state index in [1.807, 2.05) is 0 Å². The van der Waals surface area contributed by atoms with Gasteiger partial charge in [-0.2, -0.15) is 0 Å². The van der Waals surface area contributed by atoms with E-state index in [9.17, 15) is 0 Å². The zero-order valence-corrected chi connectivity index (χ0v) is 5.44. The Kier molecular flexibility index (Phi) is 0.886. The highest BCUT2D eigenvalue weighted by Crippen LogP contribution is 2.03. The number of aromatic nitrogens is 2. The highest BCUT2D eigenvalue weighted by Gasteiger charge is 1.85. The summed E-state index contributed by atoms with van der Waals surface area (Å²) in [6.45, 7) is 0. The number of anilines is 1. The molecule has 2 N–H and O–H groups in total. The SMILES string of the molecule is [2H]c1nc([2H])c(Br)nc1N. The molecule has 1 rings (SSSR count). The summed E-state index contributed by atoms with van der Waals surface area (Å²) in [5, 5.41) is 0. The van der Waals surface area contributed by atoms with Crippen molar-refractivity contribution in [1.82, 2.24) is 9.97 Å². The third-order valence-electron chi connectivity index (χ3n) is 0.537. The summed E-state index contributed by atoms with van der Waals surface area (Å²) < 4.78 is 14.3. The smallest absolute Gasteiger partial charge is 0.143 e. The molecule has 0 saturated heterocycles. The normalized spacial score (nSPS) is 12.6. The van der Waals surface area contributed by atoms with Crippen LogP contribution in [-0.2, 0) is 0 Å². The second-order valence-electron chi connectivity index (χ2n) is 1.12. The van der Waals surface area contributed by atoms with Gasteiger partial charge in [-0.15, -0.1) is 0 Å². The van der Waals surface area contributed by atoms with Crippen LogP contribution in [0.1, 0.15) is 2.74 Å². The highest BCUT2D eigenvalue weighted by atomic mass is 79.9. The maximum atomic E-state index is 7.06. The van der Waals surface area contributed by atoms with Crippen molar-refractivity contribution in [1.29, 1.82) is 0 Å². The summed E-state index contributed by atoms with van der Waals surface area (Å²) in [4.78, 5) is 7.10. The van der Waals surface area contributed by atoms with Crippen LogP contribution in [0.2, 0.25) is 0 Å². The fourth-order valence-electron chi connectivity index (χ4n) is 0.287. The summed E-state index contributed by atoms with van der Waals surface area (Å²) in [6.07, 6.45) is -0.229. The molecule has 0 aliphatic heterocycles. The van der Waals surface area contributed by atoms with E-state index in [1.54, 1.807) is 0 Å². The molecule has 0 aliphatic carbocycles. The van der Waals surface area contributed by atoms with Crippen molar-refractivity contribution < 1.29 is 2.74 Å². The van der Waals surface area contributed by atoms with Gasteiger partial charge in [0.1, 0.15) is 10.4 Å². The summed E-state index contributed by atoms with van der Waals surface area (Å²) in [7, 11) is 0. The average molecular weight is 176 g/mol. The van der Waals surface area contributed by atoms with Crippen molar-refractivity contribution in [3.05, 3.63) is 16.9 Å². The van der Waals surface area contributed by atoms with E-state index in [2.05, 4.69) is 25.9 Å². The van der Waals surface area contributed by atoms with Crippen molar-refractivity contribution >= 4 is 21.7 Å². The molecular weight excluding hydrogens is 170 g/mol. The Morgan fingerprint density at radius 3 is 3.12 bits per heavy atom. The second-order valence-corrected chi connectivity index (χ2v) is 1.87. The third kappa shape index (κ3) is 1.16. The van der Waals surface area contributed by atoms with Crippen LogP contribution in [0, 0.1) is 0 Å². The topological polar surface area (TPSA) is 51.8 Å². The van der Waals surface area contributed by atoms with Gasteiger partial charge < -0.3 is 5.73 Å². The summed E-state index contributed by atoms with van der Waals surface area (Å²) in [5.41, 5.74) is 5.22. The molecule has 0 bridgehead atoms. The van der Waals surface area contributed by atoms with Crippen LogP contribution < -0.4 is 5.73 Å². The number of nitrogens with two attached hydrogens (primary N) is 1. The van der Waals surface area contributed by atoms with E-state index in [-0.39, 0.29) is 22.8 Å². The lowest BCUT2D eigenvalue weighted by Crippen LogP contribution is -1.89. The van der Waals surface area contributed by atoms with Crippen LogP contribution in [0.25, 0.3) is 0 Å². The first-order valence-corrected chi connectivity index (χ1v) is 2.67. The van der Waals surface area contributed by atoms with E-state index in [0.29, 0.717) is 0 Å². The molecule has 0 spiro atoms. The molecule has 4 heteroatoms. The van der Waals surface area contributed by atoms with Gasteiger partial charge in [0.15, 0.2) is 0 Å².